The van der Waals surface area contributed by atoms with Crippen LogP contribution >= 0.6 is 0 Å². The van der Waals surface area contributed by atoms with Crippen molar-refractivity contribution in [3.05, 3.63) is 54.2 Å². The van der Waals surface area contributed by atoms with E-state index in [1.807, 2.05) is 30.3 Å². The van der Waals surface area contributed by atoms with E-state index in [1.165, 1.54) is 6.20 Å². The molecule has 5 heteroatoms. The zero-order valence-electron chi connectivity index (χ0n) is 9.46. The van der Waals surface area contributed by atoms with Gasteiger partial charge in [-0.25, -0.2) is 0 Å². The first kappa shape index (κ1) is 11.8. The Morgan fingerprint density at radius 2 is 1.89 bits per heavy atom. The fraction of sp³-hybridized carbons (Fsp3) is 0. The highest BCUT2D eigenvalue weighted by atomic mass is 16.2. The van der Waals surface area contributed by atoms with Crippen LogP contribution in [0, 0.1) is 0 Å². The number of amides is 2. The molecule has 1 heterocycles. The number of carbonyl (C=O) groups is 2. The third-order valence-corrected chi connectivity index (χ3v) is 2.34. The van der Waals surface area contributed by atoms with Gasteiger partial charge in [-0.05, 0) is 12.1 Å². The lowest BCUT2D eigenvalue weighted by Crippen LogP contribution is -2.36. The van der Waals surface area contributed by atoms with E-state index in [9.17, 15) is 9.59 Å². The number of carbonyl (C=O) groups excluding carboxylic acids is 2. The van der Waals surface area contributed by atoms with Crippen molar-refractivity contribution in [2.75, 3.05) is 0 Å². The van der Waals surface area contributed by atoms with Crippen LogP contribution in [0.4, 0.5) is 0 Å². The summed E-state index contributed by atoms with van der Waals surface area (Å²) < 4.78 is 0. The molecule has 0 spiro atoms. The highest BCUT2D eigenvalue weighted by molar-refractivity contribution is 5.94. The van der Waals surface area contributed by atoms with Gasteiger partial charge in [0.1, 0.15) is 0 Å². The molecule has 2 N–H and O–H groups in total. The standard InChI is InChI=1S/C13H11N3O2/c17-9-15-16-13(18)11-6-7-12(14-8-11)10-4-2-1-3-5-10/h1-9H,(H,15,17)(H,16,18). The molecule has 5 nitrogen and oxygen atoms in total. The molecule has 0 unspecified atom stereocenters. The summed E-state index contributed by atoms with van der Waals surface area (Å²) in [5, 5.41) is 0. The lowest BCUT2D eigenvalue weighted by Gasteiger charge is -2.04. The van der Waals surface area contributed by atoms with Crippen LogP contribution in [0.3, 0.4) is 0 Å². The van der Waals surface area contributed by atoms with Crippen molar-refractivity contribution < 1.29 is 9.59 Å². The maximum absolute atomic E-state index is 11.5. The number of hydrazine groups is 1. The highest BCUT2D eigenvalue weighted by Crippen LogP contribution is 2.15. The molecular formula is C13H11N3O2. The number of hydrogen-bond acceptors (Lipinski definition) is 3. The first-order chi connectivity index (χ1) is 8.81. The Balaban J connectivity index is 2.15. The predicted molar refractivity (Wildman–Crippen MR) is 66.3 cm³/mol. The molecule has 1 aromatic heterocycles. The molecule has 0 saturated carbocycles. The summed E-state index contributed by atoms with van der Waals surface area (Å²) in [4.78, 5) is 25.7. The minimum Gasteiger partial charge on any atom is -0.277 e. The Morgan fingerprint density at radius 1 is 1.11 bits per heavy atom. The zero-order valence-corrected chi connectivity index (χ0v) is 9.46. The third kappa shape index (κ3) is 2.70. The van der Waals surface area contributed by atoms with Gasteiger partial charge < -0.3 is 0 Å². The van der Waals surface area contributed by atoms with E-state index in [0.29, 0.717) is 12.0 Å². The Kier molecular flexibility index (Phi) is 3.66. The zero-order chi connectivity index (χ0) is 12.8. The monoisotopic (exact) mass is 241 g/mol. The summed E-state index contributed by atoms with van der Waals surface area (Å²) in [6, 6.07) is 13.1. The molecule has 0 atom stereocenters. The molecule has 0 saturated heterocycles. The lowest BCUT2D eigenvalue weighted by molar-refractivity contribution is -0.110. The molecule has 1 aromatic carbocycles. The van der Waals surface area contributed by atoms with Crippen LogP contribution < -0.4 is 10.9 Å². The van der Waals surface area contributed by atoms with Crippen LogP contribution in [0.15, 0.2) is 48.7 Å². The first-order valence-corrected chi connectivity index (χ1v) is 5.32. The van der Waals surface area contributed by atoms with Crippen LogP contribution in [0.2, 0.25) is 0 Å². The van der Waals surface area contributed by atoms with Gasteiger partial charge in [0.25, 0.3) is 5.91 Å². The van der Waals surface area contributed by atoms with Gasteiger partial charge in [-0.2, -0.15) is 0 Å². The molecule has 0 bridgehead atoms. The second-order valence-electron chi connectivity index (χ2n) is 3.51. The van der Waals surface area contributed by atoms with Gasteiger partial charge in [0.05, 0.1) is 11.3 Å². The average molecular weight is 241 g/mol. The van der Waals surface area contributed by atoms with Crippen molar-refractivity contribution in [3.8, 4) is 11.3 Å². The Bertz CT molecular complexity index is 538. The maximum Gasteiger partial charge on any atom is 0.271 e. The molecule has 2 rings (SSSR count). The molecular weight excluding hydrogens is 230 g/mol. The fourth-order valence-corrected chi connectivity index (χ4v) is 1.48. The minimum absolute atomic E-state index is 0.379. The van der Waals surface area contributed by atoms with Gasteiger partial charge in [0, 0.05) is 11.8 Å². The van der Waals surface area contributed by atoms with Crippen LogP contribution in [0.5, 0.6) is 0 Å². The SMILES string of the molecule is O=CNNC(=O)c1ccc(-c2ccccc2)nc1. The second kappa shape index (κ2) is 5.58. The van der Waals surface area contributed by atoms with Gasteiger partial charge in [0.2, 0.25) is 6.41 Å². The average Bonchev–Trinajstić information content (AvgIpc) is 2.46. The van der Waals surface area contributed by atoms with Crippen LogP contribution in [-0.2, 0) is 4.79 Å². The minimum atomic E-state index is -0.408. The van der Waals surface area contributed by atoms with E-state index >= 15 is 0 Å². The van der Waals surface area contributed by atoms with E-state index in [-0.39, 0.29) is 0 Å². The molecule has 18 heavy (non-hydrogen) atoms. The van der Waals surface area contributed by atoms with E-state index < -0.39 is 5.91 Å². The molecule has 2 aromatic rings. The lowest BCUT2D eigenvalue weighted by atomic mass is 10.1. The Labute approximate surface area is 104 Å². The third-order valence-electron chi connectivity index (χ3n) is 2.34. The topological polar surface area (TPSA) is 71.1 Å². The molecule has 0 aliphatic rings. The molecule has 0 aliphatic heterocycles. The second-order valence-corrected chi connectivity index (χ2v) is 3.51. The Morgan fingerprint density at radius 3 is 2.50 bits per heavy atom. The van der Waals surface area contributed by atoms with Gasteiger partial charge in [0.15, 0.2) is 0 Å². The van der Waals surface area contributed by atoms with E-state index in [4.69, 9.17) is 0 Å². The van der Waals surface area contributed by atoms with Gasteiger partial charge in [-0.15, -0.1) is 0 Å². The summed E-state index contributed by atoms with van der Waals surface area (Å²) >= 11 is 0. The smallest absolute Gasteiger partial charge is 0.271 e. The largest absolute Gasteiger partial charge is 0.277 e. The van der Waals surface area contributed by atoms with Gasteiger partial charge in [-0.1, -0.05) is 30.3 Å². The van der Waals surface area contributed by atoms with Gasteiger partial charge >= 0.3 is 0 Å². The number of rotatable bonds is 4. The first-order valence-electron chi connectivity index (χ1n) is 5.32. The number of nitrogens with one attached hydrogen (secondary N) is 2. The molecule has 2 amide bonds. The normalized spacial score (nSPS) is 9.56. The predicted octanol–water partition coefficient (Wildman–Crippen LogP) is 1.14. The Hall–Kier alpha value is -2.69. The summed E-state index contributed by atoms with van der Waals surface area (Å²) in [6.07, 6.45) is 1.85. The number of aromatic nitrogens is 1. The number of pyridine rings is 1. The van der Waals surface area contributed by atoms with Crippen molar-refractivity contribution in [1.29, 1.82) is 0 Å². The quantitative estimate of drug-likeness (QED) is 0.623. The van der Waals surface area contributed by atoms with E-state index in [2.05, 4.69) is 15.8 Å². The van der Waals surface area contributed by atoms with Crippen molar-refractivity contribution in [3.63, 3.8) is 0 Å². The van der Waals surface area contributed by atoms with E-state index in [0.717, 1.165) is 11.3 Å². The van der Waals surface area contributed by atoms with Crippen LogP contribution in [0.1, 0.15) is 10.4 Å². The highest BCUT2D eigenvalue weighted by Gasteiger charge is 2.05. The van der Waals surface area contributed by atoms with Crippen LogP contribution in [-0.4, -0.2) is 17.3 Å². The number of hydrogen-bond donors (Lipinski definition) is 2. The summed E-state index contributed by atoms with van der Waals surface area (Å²) in [6.45, 7) is 0. The number of benzene rings is 1. The summed E-state index contributed by atoms with van der Waals surface area (Å²) in [7, 11) is 0. The number of nitrogens with zero attached hydrogens (tertiary/aromatic N) is 1. The van der Waals surface area contributed by atoms with Crippen molar-refractivity contribution in [2.45, 2.75) is 0 Å². The van der Waals surface area contributed by atoms with Crippen molar-refractivity contribution in [1.82, 2.24) is 15.8 Å². The maximum atomic E-state index is 11.5. The fourth-order valence-electron chi connectivity index (χ4n) is 1.48. The summed E-state index contributed by atoms with van der Waals surface area (Å²) in [5.41, 5.74) is 6.44. The van der Waals surface area contributed by atoms with Crippen molar-refractivity contribution in [2.24, 2.45) is 0 Å². The summed E-state index contributed by atoms with van der Waals surface area (Å²) in [5.74, 6) is -0.408. The van der Waals surface area contributed by atoms with E-state index in [1.54, 1.807) is 12.1 Å². The van der Waals surface area contributed by atoms with Crippen LogP contribution in [0.25, 0.3) is 11.3 Å². The molecule has 90 valence electrons. The molecule has 0 aliphatic carbocycles. The molecule has 0 fully saturated rings. The van der Waals surface area contributed by atoms with Crippen molar-refractivity contribution >= 4 is 12.3 Å². The van der Waals surface area contributed by atoms with Gasteiger partial charge in [-0.3, -0.25) is 25.4 Å². The molecule has 0 radical (unpaired) electrons.